The Balaban J connectivity index is 1.80. The zero-order valence-electron chi connectivity index (χ0n) is 15.7. The molecular weight excluding hydrogens is 354 g/mol. The number of benzene rings is 3. The van der Waals surface area contributed by atoms with Gasteiger partial charge in [-0.1, -0.05) is 54.6 Å². The van der Waals surface area contributed by atoms with Crippen molar-refractivity contribution < 1.29 is 19.1 Å². The fourth-order valence-electron chi connectivity index (χ4n) is 2.61. The predicted molar refractivity (Wildman–Crippen MR) is 106 cm³/mol. The van der Waals surface area contributed by atoms with Gasteiger partial charge >= 0.3 is 5.97 Å². The monoisotopic (exact) mass is 375 g/mol. The molecule has 1 amide bonds. The molecule has 3 rings (SSSR count). The van der Waals surface area contributed by atoms with Crippen LogP contribution in [-0.4, -0.2) is 30.9 Å². The van der Waals surface area contributed by atoms with Crippen LogP contribution < -0.4 is 4.74 Å². The molecule has 142 valence electrons. The number of likely N-dealkylation sites (N-methyl/N-ethyl adjacent to an activating group) is 1. The summed E-state index contributed by atoms with van der Waals surface area (Å²) < 4.78 is 11.3. The average Bonchev–Trinajstić information content (AvgIpc) is 2.73. The van der Waals surface area contributed by atoms with Crippen LogP contribution in [0, 0.1) is 0 Å². The highest BCUT2D eigenvalue weighted by atomic mass is 16.5. The van der Waals surface area contributed by atoms with E-state index in [2.05, 4.69) is 0 Å². The average molecular weight is 375 g/mol. The fraction of sp³-hybridized carbons (Fsp3) is 0.130. The van der Waals surface area contributed by atoms with Gasteiger partial charge in [-0.15, -0.1) is 0 Å². The molecule has 28 heavy (non-hydrogen) atoms. The van der Waals surface area contributed by atoms with Gasteiger partial charge in [-0.05, 0) is 30.3 Å². The van der Waals surface area contributed by atoms with Crippen LogP contribution in [0.1, 0.15) is 22.0 Å². The lowest BCUT2D eigenvalue weighted by Gasteiger charge is -2.21. The van der Waals surface area contributed by atoms with E-state index >= 15 is 0 Å². The Bertz CT molecular complexity index is 939. The van der Waals surface area contributed by atoms with Gasteiger partial charge in [0, 0.05) is 19.7 Å². The van der Waals surface area contributed by atoms with Crippen molar-refractivity contribution in [3.8, 4) is 11.5 Å². The molecule has 0 spiro atoms. The van der Waals surface area contributed by atoms with E-state index in [1.54, 1.807) is 62.6 Å². The summed E-state index contributed by atoms with van der Waals surface area (Å²) in [5, 5.41) is 0. The first-order valence-corrected chi connectivity index (χ1v) is 8.84. The van der Waals surface area contributed by atoms with Crippen LogP contribution >= 0.6 is 0 Å². The molecule has 0 fully saturated rings. The number of carbonyl (C=O) groups is 2. The van der Waals surface area contributed by atoms with E-state index < -0.39 is 12.1 Å². The first-order valence-electron chi connectivity index (χ1n) is 8.84. The lowest BCUT2D eigenvalue weighted by atomic mass is 10.1. The molecule has 0 aliphatic heterocycles. The number of esters is 1. The molecule has 3 aromatic carbocycles. The Kier molecular flexibility index (Phi) is 6.07. The van der Waals surface area contributed by atoms with Crippen molar-refractivity contribution >= 4 is 11.9 Å². The molecule has 0 bridgehead atoms. The molecule has 5 nitrogen and oxygen atoms in total. The largest absolute Gasteiger partial charge is 0.457 e. The van der Waals surface area contributed by atoms with Gasteiger partial charge in [0.15, 0.2) is 0 Å². The summed E-state index contributed by atoms with van der Waals surface area (Å²) in [6.07, 6.45) is -1.01. The topological polar surface area (TPSA) is 55.8 Å². The van der Waals surface area contributed by atoms with Crippen LogP contribution in [0.4, 0.5) is 0 Å². The summed E-state index contributed by atoms with van der Waals surface area (Å²) in [6.45, 7) is 0. The zero-order valence-corrected chi connectivity index (χ0v) is 15.7. The quantitative estimate of drug-likeness (QED) is 0.597. The van der Waals surface area contributed by atoms with Crippen molar-refractivity contribution in [1.82, 2.24) is 4.90 Å². The minimum Gasteiger partial charge on any atom is -0.457 e. The van der Waals surface area contributed by atoms with Gasteiger partial charge < -0.3 is 14.4 Å². The zero-order chi connectivity index (χ0) is 19.9. The molecule has 0 heterocycles. The van der Waals surface area contributed by atoms with Crippen LogP contribution in [0.5, 0.6) is 11.5 Å². The molecule has 0 unspecified atom stereocenters. The summed E-state index contributed by atoms with van der Waals surface area (Å²) in [4.78, 5) is 26.7. The molecule has 0 saturated carbocycles. The number of amides is 1. The maximum atomic E-state index is 12.7. The van der Waals surface area contributed by atoms with Crippen LogP contribution in [0.3, 0.4) is 0 Å². The van der Waals surface area contributed by atoms with Crippen LogP contribution in [0.25, 0.3) is 0 Å². The van der Waals surface area contributed by atoms with Gasteiger partial charge in [-0.2, -0.15) is 0 Å². The summed E-state index contributed by atoms with van der Waals surface area (Å²) in [5.41, 5.74) is 0.923. The normalized spacial score (nSPS) is 11.4. The fourth-order valence-corrected chi connectivity index (χ4v) is 2.61. The molecule has 1 atom stereocenters. The SMILES string of the molecule is CN(C)C(=O)[C@@H](OC(=O)c1cccc(Oc2ccccc2)c1)c1ccccc1. The summed E-state index contributed by atoms with van der Waals surface area (Å²) >= 11 is 0. The Hall–Kier alpha value is -3.60. The number of carbonyl (C=O) groups excluding carboxylic acids is 2. The van der Waals surface area contributed by atoms with Crippen molar-refractivity contribution in [3.63, 3.8) is 0 Å². The highest BCUT2D eigenvalue weighted by Crippen LogP contribution is 2.25. The standard InChI is InChI=1S/C23H21NO4/c1-24(2)22(25)21(17-10-5-3-6-11-17)28-23(26)18-12-9-15-20(16-18)27-19-13-7-4-8-14-19/h3-16,21H,1-2H3/t21-/m0/s1. The van der Waals surface area contributed by atoms with Crippen LogP contribution in [-0.2, 0) is 9.53 Å². The van der Waals surface area contributed by atoms with E-state index in [-0.39, 0.29) is 5.91 Å². The second-order valence-electron chi connectivity index (χ2n) is 6.37. The maximum absolute atomic E-state index is 12.7. The minimum atomic E-state index is -1.01. The lowest BCUT2D eigenvalue weighted by Crippen LogP contribution is -2.31. The van der Waals surface area contributed by atoms with Gasteiger partial charge in [-0.25, -0.2) is 4.79 Å². The molecular formula is C23H21NO4. The number of hydrogen-bond donors (Lipinski definition) is 0. The number of rotatable bonds is 6. The van der Waals surface area contributed by atoms with E-state index in [1.807, 2.05) is 36.4 Å². The predicted octanol–water partition coefficient (Wildman–Crippen LogP) is 4.47. The third kappa shape index (κ3) is 4.76. The van der Waals surface area contributed by atoms with Crippen LogP contribution in [0.2, 0.25) is 0 Å². The van der Waals surface area contributed by atoms with E-state index in [0.717, 1.165) is 0 Å². The van der Waals surface area contributed by atoms with Crippen molar-refractivity contribution in [2.75, 3.05) is 14.1 Å². The lowest BCUT2D eigenvalue weighted by molar-refractivity contribution is -0.138. The molecule has 0 aliphatic rings. The van der Waals surface area contributed by atoms with Crippen LogP contribution in [0.15, 0.2) is 84.9 Å². The van der Waals surface area contributed by atoms with Gasteiger partial charge in [0.1, 0.15) is 11.5 Å². The molecule has 0 radical (unpaired) electrons. The van der Waals surface area contributed by atoms with Gasteiger partial charge in [0.25, 0.3) is 5.91 Å². The van der Waals surface area contributed by atoms with Gasteiger partial charge in [-0.3, -0.25) is 4.79 Å². The first-order chi connectivity index (χ1) is 13.5. The van der Waals surface area contributed by atoms with E-state index in [9.17, 15) is 9.59 Å². The smallest absolute Gasteiger partial charge is 0.339 e. The third-order valence-electron chi connectivity index (χ3n) is 4.04. The minimum absolute atomic E-state index is 0.306. The molecule has 0 aromatic heterocycles. The van der Waals surface area contributed by atoms with Gasteiger partial charge in [0.05, 0.1) is 5.56 Å². The number of nitrogens with zero attached hydrogens (tertiary/aromatic N) is 1. The van der Waals surface area contributed by atoms with E-state index in [4.69, 9.17) is 9.47 Å². The van der Waals surface area contributed by atoms with Crippen molar-refractivity contribution in [1.29, 1.82) is 0 Å². The molecule has 3 aromatic rings. The number of hydrogen-bond acceptors (Lipinski definition) is 4. The summed E-state index contributed by atoms with van der Waals surface area (Å²) in [6, 6.07) is 24.9. The number of para-hydroxylation sites is 1. The Labute approximate surface area is 164 Å². The van der Waals surface area contributed by atoms with E-state index in [0.29, 0.717) is 22.6 Å². The Morgan fingerprint density at radius 3 is 2.04 bits per heavy atom. The third-order valence-corrected chi connectivity index (χ3v) is 4.04. The number of ether oxygens (including phenoxy) is 2. The highest BCUT2D eigenvalue weighted by Gasteiger charge is 2.27. The van der Waals surface area contributed by atoms with Crippen molar-refractivity contribution in [2.24, 2.45) is 0 Å². The Morgan fingerprint density at radius 2 is 1.39 bits per heavy atom. The van der Waals surface area contributed by atoms with Crippen molar-refractivity contribution in [2.45, 2.75) is 6.10 Å². The van der Waals surface area contributed by atoms with Crippen molar-refractivity contribution in [3.05, 3.63) is 96.1 Å². The summed E-state index contributed by atoms with van der Waals surface area (Å²) in [5.74, 6) is 0.271. The first kappa shape index (κ1) is 19.2. The second kappa shape index (κ2) is 8.86. The molecule has 5 heteroatoms. The summed E-state index contributed by atoms with van der Waals surface area (Å²) in [7, 11) is 3.25. The highest BCUT2D eigenvalue weighted by molar-refractivity contribution is 5.93. The molecule has 0 aliphatic carbocycles. The van der Waals surface area contributed by atoms with E-state index in [1.165, 1.54) is 4.90 Å². The Morgan fingerprint density at radius 1 is 0.786 bits per heavy atom. The van der Waals surface area contributed by atoms with Gasteiger partial charge in [0.2, 0.25) is 6.10 Å². The molecule has 0 N–H and O–H groups in total. The molecule has 0 saturated heterocycles. The maximum Gasteiger partial charge on any atom is 0.339 e. The second-order valence-corrected chi connectivity index (χ2v) is 6.37.